The third-order valence-electron chi connectivity index (χ3n) is 9.28. The number of para-hydroxylation sites is 2. The molecule has 0 saturated carbocycles. The SMILES string of the molecule is CC(C)(C)c1ccc(OC(=O)c2cc(C(C)(C)C)c(O)c(C(C)(C)C)c2)c(C(C)(C)C)c1.Cc1cc(C)c(O)c(-n2n3c4ccccc4n23)c1. The fraction of sp³-hybridized carbons (Fsp3) is 0.419. The first-order valence-electron chi connectivity index (χ1n) is 17.5. The summed E-state index contributed by atoms with van der Waals surface area (Å²) >= 11 is 0. The van der Waals surface area contributed by atoms with E-state index in [0.29, 0.717) is 17.1 Å². The molecule has 6 rings (SSSR count). The molecule has 2 N–H and O–H groups in total. The molecule has 2 aromatic heterocycles. The molecule has 0 bridgehead atoms. The van der Waals surface area contributed by atoms with Gasteiger partial charge < -0.3 is 14.9 Å². The van der Waals surface area contributed by atoms with Crippen LogP contribution in [0.5, 0.6) is 17.2 Å². The summed E-state index contributed by atoms with van der Waals surface area (Å²) in [6.45, 7) is 29.1. The number of carbonyl (C=O) groups is 1. The van der Waals surface area contributed by atoms with Crippen LogP contribution in [0.15, 0.2) is 66.7 Å². The van der Waals surface area contributed by atoms with Gasteiger partial charge in [0, 0.05) is 16.7 Å². The molecule has 7 heteroatoms. The quantitative estimate of drug-likeness (QED) is 0.144. The maximum absolute atomic E-state index is 13.3. The third-order valence-corrected chi connectivity index (χ3v) is 9.28. The molecule has 6 aromatic rings. The Morgan fingerprint density at radius 1 is 0.600 bits per heavy atom. The molecule has 0 amide bonds. The first kappa shape index (κ1) is 36.6. The van der Waals surface area contributed by atoms with Crippen molar-refractivity contribution < 1.29 is 19.7 Å². The largest absolute Gasteiger partial charge is 0.507 e. The summed E-state index contributed by atoms with van der Waals surface area (Å²) in [7, 11) is 0. The molecule has 0 saturated heterocycles. The van der Waals surface area contributed by atoms with Crippen molar-refractivity contribution in [2.45, 2.75) is 119 Å². The number of phenols is 2. The van der Waals surface area contributed by atoms with Crippen molar-refractivity contribution in [1.82, 2.24) is 14.1 Å². The summed E-state index contributed by atoms with van der Waals surface area (Å²) in [5.74, 6) is 0.778. The van der Waals surface area contributed by atoms with Crippen LogP contribution in [-0.2, 0) is 21.7 Å². The zero-order chi connectivity index (χ0) is 37.3. The lowest BCUT2D eigenvalue weighted by Gasteiger charge is -2.28. The average Bonchev–Trinajstić information content (AvgIpc) is 3.64. The van der Waals surface area contributed by atoms with Crippen molar-refractivity contribution in [3.63, 3.8) is 0 Å². The molecule has 266 valence electrons. The number of aryl methyl sites for hydroxylation is 2. The zero-order valence-electron chi connectivity index (χ0n) is 32.4. The van der Waals surface area contributed by atoms with E-state index in [1.54, 1.807) is 12.1 Å². The van der Waals surface area contributed by atoms with Crippen LogP contribution < -0.4 is 4.74 Å². The average molecular weight is 678 g/mol. The van der Waals surface area contributed by atoms with Gasteiger partial charge in [0.15, 0.2) is 0 Å². The first-order chi connectivity index (χ1) is 22.9. The Kier molecular flexibility index (Phi) is 9.00. The van der Waals surface area contributed by atoms with Crippen LogP contribution in [0, 0.1) is 13.8 Å². The minimum atomic E-state index is -0.407. The number of hydrogen-bond donors (Lipinski definition) is 2. The van der Waals surface area contributed by atoms with E-state index < -0.39 is 5.97 Å². The molecular weight excluding hydrogens is 622 g/mol. The van der Waals surface area contributed by atoms with Crippen LogP contribution in [0.3, 0.4) is 0 Å². The Bertz CT molecular complexity index is 2100. The summed E-state index contributed by atoms with van der Waals surface area (Å²) < 4.78 is 10.1. The van der Waals surface area contributed by atoms with Gasteiger partial charge >= 0.3 is 5.97 Å². The Labute approximate surface area is 297 Å². The molecule has 0 fully saturated rings. The number of aromatic nitrogens is 3. The van der Waals surface area contributed by atoms with E-state index in [1.807, 2.05) is 106 Å². The number of ether oxygens (including phenoxy) is 1. The molecule has 7 nitrogen and oxygen atoms in total. The monoisotopic (exact) mass is 677 g/mol. The van der Waals surface area contributed by atoms with Gasteiger partial charge in [0.1, 0.15) is 34.0 Å². The molecule has 0 spiro atoms. The Balaban J connectivity index is 0.000000224. The van der Waals surface area contributed by atoms with Gasteiger partial charge in [-0.05, 0) is 88.6 Å². The summed E-state index contributed by atoms with van der Waals surface area (Å²) in [5, 5.41) is 21.1. The van der Waals surface area contributed by atoms with Gasteiger partial charge in [0.25, 0.3) is 0 Å². The highest BCUT2D eigenvalue weighted by molar-refractivity contribution is 5.92. The second-order valence-corrected chi connectivity index (χ2v) is 17.8. The fourth-order valence-corrected chi connectivity index (χ4v) is 6.31. The second kappa shape index (κ2) is 12.3. The third kappa shape index (κ3) is 7.01. The number of benzene rings is 4. The first-order valence-corrected chi connectivity index (χ1v) is 17.5. The van der Waals surface area contributed by atoms with E-state index >= 15 is 0 Å². The predicted molar refractivity (Wildman–Crippen MR) is 204 cm³/mol. The van der Waals surface area contributed by atoms with E-state index in [1.165, 1.54) is 16.6 Å². The van der Waals surface area contributed by atoms with Crippen LogP contribution in [0.4, 0.5) is 0 Å². The van der Waals surface area contributed by atoms with Crippen LogP contribution in [-0.4, -0.2) is 30.2 Å². The number of phenolic OH excluding ortho intramolecular Hbond substituents is 2. The maximum atomic E-state index is 13.3. The van der Waals surface area contributed by atoms with Crippen molar-refractivity contribution in [2.75, 3.05) is 0 Å². The molecule has 0 radical (unpaired) electrons. The number of rotatable bonds is 3. The molecule has 0 aliphatic carbocycles. The van der Waals surface area contributed by atoms with E-state index in [-0.39, 0.29) is 27.4 Å². The van der Waals surface area contributed by atoms with Crippen LogP contribution in [0.1, 0.15) is 127 Å². The summed E-state index contributed by atoms with van der Waals surface area (Å²) in [6.07, 6.45) is 0. The Morgan fingerprint density at radius 2 is 1.10 bits per heavy atom. The van der Waals surface area contributed by atoms with E-state index in [9.17, 15) is 15.0 Å². The molecule has 0 aliphatic rings. The molecule has 0 unspecified atom stereocenters. The summed E-state index contributed by atoms with van der Waals surface area (Å²) in [4.78, 5) is 15.3. The van der Waals surface area contributed by atoms with Gasteiger partial charge in [-0.1, -0.05) is 113 Å². The Morgan fingerprint density at radius 3 is 1.56 bits per heavy atom. The van der Waals surface area contributed by atoms with Gasteiger partial charge in [-0.2, -0.15) is 0 Å². The summed E-state index contributed by atoms with van der Waals surface area (Å²) in [5.41, 5.74) is 8.60. The maximum Gasteiger partial charge on any atom is 0.343 e. The number of aromatic hydroxyl groups is 2. The molecule has 0 atom stereocenters. The van der Waals surface area contributed by atoms with E-state index in [4.69, 9.17) is 4.74 Å². The highest BCUT2D eigenvalue weighted by Gasteiger charge is 2.30. The van der Waals surface area contributed by atoms with Gasteiger partial charge in [-0.15, -0.1) is 14.1 Å². The van der Waals surface area contributed by atoms with Crippen molar-refractivity contribution in [1.29, 1.82) is 0 Å². The predicted octanol–water partition coefficient (Wildman–Crippen LogP) is 10.5. The minimum absolute atomic E-state index is 0.00269. The van der Waals surface area contributed by atoms with Gasteiger partial charge in [-0.25, -0.2) is 4.79 Å². The summed E-state index contributed by atoms with van der Waals surface area (Å²) in [6, 6.07) is 21.8. The highest BCUT2D eigenvalue weighted by Crippen LogP contribution is 2.41. The standard InChI is InChI=1S/C29H42O3.C14H13N3O/c1-26(2,3)19-13-14-23(20(17-19)27(4,5)6)32-25(31)18-15-21(28(7,8)9)24(30)22(16-18)29(10,11)12;1-9-7-10(2)14(18)13(8-9)17-15-11-5-3-4-6-12(11)16(15)17/h13-17,30H,1-12H3;3-8,18H,1-2H3. The molecule has 0 aliphatic heterocycles. The van der Waals surface area contributed by atoms with Crippen molar-refractivity contribution in [3.8, 4) is 22.9 Å². The lowest BCUT2D eigenvalue weighted by molar-refractivity contribution is 0.0731. The molecular formula is C43H55N3O4. The van der Waals surface area contributed by atoms with Gasteiger partial charge in [0.05, 0.1) is 5.56 Å². The normalized spacial score (nSPS) is 12.8. The van der Waals surface area contributed by atoms with Crippen LogP contribution in [0.2, 0.25) is 0 Å². The number of hydrogen-bond acceptors (Lipinski definition) is 4. The lowest BCUT2D eigenvalue weighted by Crippen LogP contribution is -2.21. The number of nitrogens with zero attached hydrogens (tertiary/aromatic N) is 3. The van der Waals surface area contributed by atoms with Crippen molar-refractivity contribution in [2.24, 2.45) is 0 Å². The van der Waals surface area contributed by atoms with Crippen molar-refractivity contribution >= 4 is 17.0 Å². The van der Waals surface area contributed by atoms with Crippen molar-refractivity contribution in [3.05, 3.63) is 106 Å². The second-order valence-electron chi connectivity index (χ2n) is 17.8. The van der Waals surface area contributed by atoms with E-state index in [0.717, 1.165) is 33.5 Å². The Hall–Kier alpha value is -4.65. The van der Waals surface area contributed by atoms with Gasteiger partial charge in [0.2, 0.25) is 0 Å². The van der Waals surface area contributed by atoms with Crippen LogP contribution in [0.25, 0.3) is 16.7 Å². The zero-order valence-corrected chi connectivity index (χ0v) is 32.4. The fourth-order valence-electron chi connectivity index (χ4n) is 6.31. The van der Waals surface area contributed by atoms with Crippen LogP contribution >= 0.6 is 0 Å². The molecule has 4 aromatic carbocycles. The molecule has 2 heterocycles. The van der Waals surface area contributed by atoms with E-state index in [2.05, 4.69) is 59.7 Å². The number of carbonyl (C=O) groups excluding carboxylic acids is 1. The number of fused-ring (bicyclic) bond motifs is 4. The smallest absolute Gasteiger partial charge is 0.343 e. The topological polar surface area (TPSA) is 80.5 Å². The highest BCUT2D eigenvalue weighted by atomic mass is 16.5. The van der Waals surface area contributed by atoms with Gasteiger partial charge in [-0.3, -0.25) is 0 Å². The lowest BCUT2D eigenvalue weighted by atomic mass is 9.78. The number of esters is 1. The minimum Gasteiger partial charge on any atom is -0.507 e. The molecule has 50 heavy (non-hydrogen) atoms.